The van der Waals surface area contributed by atoms with Crippen LogP contribution >= 0.6 is 0 Å². The molecule has 3 heterocycles. The van der Waals surface area contributed by atoms with E-state index in [0.717, 1.165) is 25.1 Å². The van der Waals surface area contributed by atoms with Gasteiger partial charge >= 0.3 is 0 Å². The summed E-state index contributed by atoms with van der Waals surface area (Å²) in [6, 6.07) is 2.11. The summed E-state index contributed by atoms with van der Waals surface area (Å²) in [5, 5.41) is 11.4. The highest BCUT2D eigenvalue weighted by atomic mass is 16.5. The Bertz CT molecular complexity index is 630. The highest BCUT2D eigenvalue weighted by Gasteiger charge is 2.23. The molecular formula is C13H17N5O2. The summed E-state index contributed by atoms with van der Waals surface area (Å²) in [6.45, 7) is 0.831. The second-order valence-electron chi connectivity index (χ2n) is 4.93. The number of ether oxygens (including phenoxy) is 1. The molecule has 0 saturated carbocycles. The van der Waals surface area contributed by atoms with E-state index < -0.39 is 0 Å². The van der Waals surface area contributed by atoms with Crippen molar-refractivity contribution >= 4 is 5.91 Å². The molecule has 0 aliphatic carbocycles. The second kappa shape index (κ2) is 4.99. The number of aryl methyl sites for hydroxylation is 2. The van der Waals surface area contributed by atoms with Gasteiger partial charge in [0, 0.05) is 44.1 Å². The number of carbonyl (C=O) groups excluding carboxylic acids is 1. The monoisotopic (exact) mass is 275 g/mol. The first-order valence-electron chi connectivity index (χ1n) is 6.56. The smallest absolute Gasteiger partial charge is 0.258 e. The minimum absolute atomic E-state index is 0.122. The SMILES string of the molecule is COc1nn(C)cc1C(=O)N[C@H]1CCn2nccc2C1. The number of hydrogen-bond acceptors (Lipinski definition) is 4. The largest absolute Gasteiger partial charge is 0.479 e. The number of hydrogen-bond donors (Lipinski definition) is 1. The molecule has 0 fully saturated rings. The fourth-order valence-electron chi connectivity index (χ4n) is 2.53. The van der Waals surface area contributed by atoms with Gasteiger partial charge in [0.15, 0.2) is 0 Å². The molecule has 7 nitrogen and oxygen atoms in total. The molecule has 3 rings (SSSR count). The van der Waals surface area contributed by atoms with E-state index in [-0.39, 0.29) is 11.9 Å². The third-order valence-electron chi connectivity index (χ3n) is 3.52. The summed E-state index contributed by atoms with van der Waals surface area (Å²) >= 11 is 0. The Morgan fingerprint density at radius 3 is 3.20 bits per heavy atom. The van der Waals surface area contributed by atoms with Crippen molar-refractivity contribution in [3.63, 3.8) is 0 Å². The quantitative estimate of drug-likeness (QED) is 0.878. The maximum Gasteiger partial charge on any atom is 0.258 e. The van der Waals surface area contributed by atoms with Crippen molar-refractivity contribution < 1.29 is 9.53 Å². The Labute approximate surface area is 116 Å². The van der Waals surface area contributed by atoms with E-state index in [0.29, 0.717) is 11.4 Å². The third kappa shape index (κ3) is 2.26. The molecule has 106 valence electrons. The molecule has 1 amide bonds. The number of nitrogens with zero attached hydrogens (tertiary/aromatic N) is 4. The molecule has 0 spiro atoms. The van der Waals surface area contributed by atoms with Crippen LogP contribution < -0.4 is 10.1 Å². The summed E-state index contributed by atoms with van der Waals surface area (Å²) in [6.07, 6.45) is 5.14. The number of carbonyl (C=O) groups is 1. The molecule has 1 N–H and O–H groups in total. The molecule has 0 unspecified atom stereocenters. The first-order valence-corrected chi connectivity index (χ1v) is 6.56. The summed E-state index contributed by atoms with van der Waals surface area (Å²) in [7, 11) is 3.27. The molecule has 1 aliphatic heterocycles. The van der Waals surface area contributed by atoms with Crippen LogP contribution in [0.15, 0.2) is 18.5 Å². The minimum atomic E-state index is -0.145. The standard InChI is InChI=1S/C13H17N5O2/c1-17-8-11(13(16-17)20-2)12(19)15-9-4-6-18-10(7-9)3-5-14-18/h3,5,8-9H,4,6-7H2,1-2H3,(H,15,19)/t9-/m0/s1. The number of aromatic nitrogens is 4. The summed E-state index contributed by atoms with van der Waals surface area (Å²) in [5.41, 5.74) is 1.62. The number of fused-ring (bicyclic) bond motifs is 1. The van der Waals surface area contributed by atoms with Crippen LogP contribution in [0.25, 0.3) is 0 Å². The van der Waals surface area contributed by atoms with Crippen molar-refractivity contribution in [3.05, 3.63) is 29.7 Å². The number of methoxy groups -OCH3 is 1. The molecule has 1 atom stereocenters. The van der Waals surface area contributed by atoms with Crippen LogP contribution in [0.1, 0.15) is 22.5 Å². The third-order valence-corrected chi connectivity index (χ3v) is 3.52. The average molecular weight is 275 g/mol. The van der Waals surface area contributed by atoms with Gasteiger partial charge in [-0.1, -0.05) is 0 Å². The van der Waals surface area contributed by atoms with E-state index >= 15 is 0 Å². The van der Waals surface area contributed by atoms with Gasteiger partial charge in [-0.2, -0.15) is 5.10 Å². The molecule has 0 saturated heterocycles. The van der Waals surface area contributed by atoms with E-state index in [2.05, 4.69) is 15.5 Å². The molecule has 7 heteroatoms. The predicted molar refractivity (Wildman–Crippen MR) is 71.6 cm³/mol. The Morgan fingerprint density at radius 1 is 1.55 bits per heavy atom. The van der Waals surface area contributed by atoms with Gasteiger partial charge in [-0.25, -0.2) is 0 Å². The molecular weight excluding hydrogens is 258 g/mol. The fraction of sp³-hybridized carbons (Fsp3) is 0.462. The van der Waals surface area contributed by atoms with E-state index in [9.17, 15) is 4.79 Å². The lowest BCUT2D eigenvalue weighted by Gasteiger charge is -2.24. The van der Waals surface area contributed by atoms with Crippen LogP contribution in [0.4, 0.5) is 0 Å². The first-order chi connectivity index (χ1) is 9.67. The van der Waals surface area contributed by atoms with Gasteiger partial charge in [-0.05, 0) is 12.5 Å². The summed E-state index contributed by atoms with van der Waals surface area (Å²) in [5.74, 6) is 0.207. The fourth-order valence-corrected chi connectivity index (χ4v) is 2.53. The maximum atomic E-state index is 12.3. The maximum absolute atomic E-state index is 12.3. The van der Waals surface area contributed by atoms with Gasteiger partial charge in [-0.3, -0.25) is 14.2 Å². The number of amides is 1. The second-order valence-corrected chi connectivity index (χ2v) is 4.93. The van der Waals surface area contributed by atoms with Crippen molar-refractivity contribution in [1.29, 1.82) is 0 Å². The highest BCUT2D eigenvalue weighted by Crippen LogP contribution is 2.17. The van der Waals surface area contributed by atoms with Crippen molar-refractivity contribution in [2.45, 2.75) is 25.4 Å². The van der Waals surface area contributed by atoms with Crippen molar-refractivity contribution in [2.75, 3.05) is 7.11 Å². The van der Waals surface area contributed by atoms with Gasteiger partial charge in [0.2, 0.25) is 5.88 Å². The van der Waals surface area contributed by atoms with Crippen LogP contribution in [-0.2, 0) is 20.0 Å². The van der Waals surface area contributed by atoms with Crippen LogP contribution in [-0.4, -0.2) is 38.6 Å². The lowest BCUT2D eigenvalue weighted by atomic mass is 10.0. The average Bonchev–Trinajstić information content (AvgIpc) is 3.03. The Balaban J connectivity index is 1.71. The molecule has 2 aromatic rings. The van der Waals surface area contributed by atoms with Gasteiger partial charge in [0.1, 0.15) is 5.56 Å². The van der Waals surface area contributed by atoms with E-state index in [1.807, 2.05) is 10.7 Å². The van der Waals surface area contributed by atoms with Crippen molar-refractivity contribution in [1.82, 2.24) is 24.9 Å². The lowest BCUT2D eigenvalue weighted by molar-refractivity contribution is 0.0927. The Morgan fingerprint density at radius 2 is 2.40 bits per heavy atom. The first kappa shape index (κ1) is 12.7. The van der Waals surface area contributed by atoms with Crippen LogP contribution in [0.3, 0.4) is 0 Å². The van der Waals surface area contributed by atoms with E-state index in [1.54, 1.807) is 24.1 Å². The summed E-state index contributed by atoms with van der Waals surface area (Å²) < 4.78 is 8.67. The predicted octanol–water partition coefficient (Wildman–Crippen LogP) is 0.370. The van der Waals surface area contributed by atoms with Crippen molar-refractivity contribution in [2.24, 2.45) is 7.05 Å². The van der Waals surface area contributed by atoms with Gasteiger partial charge in [-0.15, -0.1) is 5.10 Å². The molecule has 2 aromatic heterocycles. The van der Waals surface area contributed by atoms with Crippen LogP contribution in [0.2, 0.25) is 0 Å². The zero-order valence-electron chi connectivity index (χ0n) is 11.5. The molecule has 0 radical (unpaired) electrons. The Hall–Kier alpha value is -2.31. The highest BCUT2D eigenvalue weighted by molar-refractivity contribution is 5.96. The molecule has 1 aliphatic rings. The molecule has 20 heavy (non-hydrogen) atoms. The van der Waals surface area contributed by atoms with Gasteiger partial charge in [0.05, 0.1) is 7.11 Å². The van der Waals surface area contributed by atoms with Crippen molar-refractivity contribution in [3.8, 4) is 5.88 Å². The number of nitrogens with one attached hydrogen (secondary N) is 1. The zero-order chi connectivity index (χ0) is 14.1. The number of rotatable bonds is 3. The summed E-state index contributed by atoms with van der Waals surface area (Å²) in [4.78, 5) is 12.3. The van der Waals surface area contributed by atoms with Crippen LogP contribution in [0.5, 0.6) is 5.88 Å². The van der Waals surface area contributed by atoms with Gasteiger partial charge < -0.3 is 10.1 Å². The van der Waals surface area contributed by atoms with Crippen LogP contribution in [0, 0.1) is 0 Å². The Kier molecular flexibility index (Phi) is 3.17. The van der Waals surface area contributed by atoms with E-state index in [4.69, 9.17) is 4.74 Å². The normalized spacial score (nSPS) is 17.6. The molecule has 0 bridgehead atoms. The van der Waals surface area contributed by atoms with Gasteiger partial charge in [0.25, 0.3) is 5.91 Å². The molecule has 0 aromatic carbocycles. The minimum Gasteiger partial charge on any atom is -0.479 e. The topological polar surface area (TPSA) is 74.0 Å². The zero-order valence-corrected chi connectivity index (χ0v) is 11.5. The lowest BCUT2D eigenvalue weighted by Crippen LogP contribution is -2.40. The van der Waals surface area contributed by atoms with E-state index in [1.165, 1.54) is 7.11 Å².